The van der Waals surface area contributed by atoms with Crippen LogP contribution in [0.2, 0.25) is 0 Å². The molecule has 0 saturated heterocycles. The van der Waals surface area contributed by atoms with Crippen molar-refractivity contribution in [1.29, 1.82) is 0 Å². The van der Waals surface area contributed by atoms with Gasteiger partial charge >= 0.3 is 5.97 Å². The molecule has 57 heavy (non-hydrogen) atoms. The van der Waals surface area contributed by atoms with Crippen molar-refractivity contribution < 1.29 is 50.1 Å². The van der Waals surface area contributed by atoms with Gasteiger partial charge in [-0.1, -0.05) is 12.1 Å². The molecule has 6 rings (SSSR count). The van der Waals surface area contributed by atoms with Gasteiger partial charge in [0.2, 0.25) is 5.95 Å². The number of nitrogens with zero attached hydrogens (tertiary/aromatic N) is 3. The fourth-order valence-electron chi connectivity index (χ4n) is 6.21. The lowest BCUT2D eigenvalue weighted by molar-refractivity contribution is -0.142. The zero-order chi connectivity index (χ0) is 40.9. The molecule has 0 fully saturated rings. The van der Waals surface area contributed by atoms with Gasteiger partial charge in [0.15, 0.2) is 0 Å². The monoisotopic (exact) mass is 803 g/mol. The van der Waals surface area contributed by atoms with Crippen LogP contribution in [0.25, 0.3) is 27.9 Å². The first-order chi connectivity index (χ1) is 27.4. The topological polar surface area (TPSA) is 159 Å². The van der Waals surface area contributed by atoms with Crippen LogP contribution in [0.1, 0.15) is 28.5 Å². The normalized spacial score (nSPS) is 11.9. The van der Waals surface area contributed by atoms with E-state index in [2.05, 4.69) is 20.0 Å². The first-order valence-corrected chi connectivity index (χ1v) is 18.8. The molecule has 0 aliphatic rings. The summed E-state index contributed by atoms with van der Waals surface area (Å²) in [6.45, 7) is 2.75. The quantitative estimate of drug-likeness (QED) is 0.0885. The van der Waals surface area contributed by atoms with Gasteiger partial charge in [0.05, 0.1) is 44.1 Å². The van der Waals surface area contributed by atoms with E-state index in [-0.39, 0.29) is 11.3 Å². The number of rotatable bonds is 15. The van der Waals surface area contributed by atoms with Crippen LogP contribution < -0.4 is 19.5 Å². The maximum atomic E-state index is 15.4. The second-order valence-electron chi connectivity index (χ2n) is 12.4. The number of methoxy groups -OCH3 is 3. The third-order valence-corrected chi connectivity index (χ3v) is 10.3. The molecule has 6 aromatic rings. The highest BCUT2D eigenvalue weighted by Crippen LogP contribution is 2.41. The molecule has 13 nitrogen and oxygen atoms in total. The Morgan fingerprint density at radius 2 is 1.53 bits per heavy atom. The average Bonchev–Trinajstić information content (AvgIpc) is 3.70. The van der Waals surface area contributed by atoms with Crippen molar-refractivity contribution in [2.45, 2.75) is 30.9 Å². The predicted molar refractivity (Wildman–Crippen MR) is 203 cm³/mol. The number of anilines is 1. The van der Waals surface area contributed by atoms with E-state index in [4.69, 9.17) is 18.9 Å². The standard InChI is InChI=1S/C40H36F3N5O8S/c1-5-56-22-23-16-33(53-2)36(34(17-23)54-3)29-11-8-27(48-15-14-45-38(29)48)21-32(40(50)55-4)46-39(49)37-30(41)19-26(20-31(37)42)47-57(51,52)28-9-6-24(7-10-28)25-12-13-44-35(43)18-25/h6-20,32,47H,5,21-22H2,1-4H3,(H,46,49)/t32-/m0/s1. The van der Waals surface area contributed by atoms with Crippen LogP contribution >= 0.6 is 0 Å². The molecule has 0 aliphatic heterocycles. The van der Waals surface area contributed by atoms with Crippen molar-refractivity contribution in [3.63, 3.8) is 0 Å². The number of fused-ring (bicyclic) bond motifs is 1. The van der Waals surface area contributed by atoms with Gasteiger partial charge in [-0.2, -0.15) is 4.39 Å². The maximum Gasteiger partial charge on any atom is 0.328 e. The van der Waals surface area contributed by atoms with E-state index >= 15 is 8.78 Å². The van der Waals surface area contributed by atoms with Gasteiger partial charge in [0.25, 0.3) is 15.9 Å². The second-order valence-corrected chi connectivity index (χ2v) is 14.1. The summed E-state index contributed by atoms with van der Waals surface area (Å²) in [4.78, 5) is 34.1. The largest absolute Gasteiger partial charge is 0.496 e. The summed E-state index contributed by atoms with van der Waals surface area (Å²) in [5.41, 5.74) is 2.37. The van der Waals surface area contributed by atoms with Crippen molar-refractivity contribution in [2.24, 2.45) is 0 Å². The Hall–Kier alpha value is -6.46. The molecule has 17 heteroatoms. The molecule has 0 spiro atoms. The van der Waals surface area contributed by atoms with Crippen LogP contribution in [0.4, 0.5) is 18.9 Å². The van der Waals surface area contributed by atoms with Crippen molar-refractivity contribution in [1.82, 2.24) is 19.7 Å². The molecule has 296 valence electrons. The molecule has 2 N–H and O–H groups in total. The van der Waals surface area contributed by atoms with Crippen LogP contribution in [0.5, 0.6) is 11.5 Å². The van der Waals surface area contributed by atoms with E-state index in [0.717, 1.165) is 12.7 Å². The van der Waals surface area contributed by atoms with E-state index in [1.807, 2.05) is 19.1 Å². The number of ether oxygens (including phenoxy) is 4. The average molecular weight is 804 g/mol. The molecule has 3 aromatic heterocycles. The molecular formula is C40H36F3N5O8S. The lowest BCUT2D eigenvalue weighted by atomic mass is 10.0. The number of carbonyl (C=O) groups is 2. The molecule has 1 atom stereocenters. The van der Waals surface area contributed by atoms with Gasteiger partial charge in [-0.15, -0.1) is 0 Å². The zero-order valence-electron chi connectivity index (χ0n) is 31.0. The van der Waals surface area contributed by atoms with Crippen LogP contribution in [0.15, 0.2) is 96.3 Å². The molecule has 3 heterocycles. The summed E-state index contributed by atoms with van der Waals surface area (Å²) in [5.74, 6) is -4.72. The SMILES string of the molecule is CCOCc1cc(OC)c(-c2ccc(C[C@H](NC(=O)c3c(F)cc(NS(=O)(=O)c4ccc(-c5ccnc(F)c5)cc4)cc3F)C(=O)OC)n3ccnc23)c(OC)c1. The van der Waals surface area contributed by atoms with E-state index < -0.39 is 56.8 Å². The van der Waals surface area contributed by atoms with E-state index in [9.17, 15) is 22.4 Å². The van der Waals surface area contributed by atoms with E-state index in [1.165, 1.54) is 56.9 Å². The number of carbonyl (C=O) groups excluding carboxylic acids is 2. The van der Waals surface area contributed by atoms with Crippen LogP contribution in [0, 0.1) is 17.6 Å². The van der Waals surface area contributed by atoms with Crippen LogP contribution in [-0.2, 0) is 37.3 Å². The summed E-state index contributed by atoms with van der Waals surface area (Å²) >= 11 is 0. The number of aromatic nitrogens is 3. The number of hydrogen-bond acceptors (Lipinski definition) is 10. The molecule has 1 amide bonds. The van der Waals surface area contributed by atoms with Gasteiger partial charge in [-0.3, -0.25) is 9.52 Å². The Morgan fingerprint density at radius 1 is 0.842 bits per heavy atom. The number of imidazole rings is 1. The predicted octanol–water partition coefficient (Wildman–Crippen LogP) is 6.35. The van der Waals surface area contributed by atoms with Crippen LogP contribution in [-0.4, -0.2) is 68.6 Å². The Bertz CT molecular complexity index is 2520. The van der Waals surface area contributed by atoms with Crippen molar-refractivity contribution >= 4 is 33.2 Å². The van der Waals surface area contributed by atoms with Crippen molar-refractivity contribution in [3.05, 3.63) is 126 Å². The highest BCUT2D eigenvalue weighted by atomic mass is 32.2. The smallest absolute Gasteiger partial charge is 0.328 e. The zero-order valence-corrected chi connectivity index (χ0v) is 31.8. The number of esters is 1. The summed E-state index contributed by atoms with van der Waals surface area (Å²) in [6.07, 6.45) is 4.25. The molecule has 0 aliphatic carbocycles. The second kappa shape index (κ2) is 17.1. The number of sulfonamides is 1. The lowest BCUT2D eigenvalue weighted by Gasteiger charge is -2.20. The lowest BCUT2D eigenvalue weighted by Crippen LogP contribution is -2.44. The summed E-state index contributed by atoms with van der Waals surface area (Å²) in [5, 5.41) is 2.35. The molecule has 3 aromatic carbocycles. The van der Waals surface area contributed by atoms with E-state index in [1.54, 1.807) is 28.8 Å². The van der Waals surface area contributed by atoms with Crippen molar-refractivity contribution in [2.75, 3.05) is 32.7 Å². The van der Waals surface area contributed by atoms with Gasteiger partial charge in [0, 0.05) is 48.9 Å². The molecule has 0 saturated carbocycles. The fourth-order valence-corrected chi connectivity index (χ4v) is 7.25. The number of pyridine rings is 2. The van der Waals surface area contributed by atoms with E-state index in [0.29, 0.717) is 70.4 Å². The summed E-state index contributed by atoms with van der Waals surface area (Å²) in [7, 11) is -0.214. The highest BCUT2D eigenvalue weighted by Gasteiger charge is 2.29. The minimum atomic E-state index is -4.36. The van der Waals surface area contributed by atoms with Crippen molar-refractivity contribution in [3.8, 4) is 33.8 Å². The highest BCUT2D eigenvalue weighted by molar-refractivity contribution is 7.92. The minimum Gasteiger partial charge on any atom is -0.496 e. The first-order valence-electron chi connectivity index (χ1n) is 17.3. The Labute approximate surface area is 325 Å². The Morgan fingerprint density at radius 3 is 2.14 bits per heavy atom. The number of nitrogens with one attached hydrogen (secondary N) is 2. The summed E-state index contributed by atoms with van der Waals surface area (Å²) < 4.78 is 96.2. The Kier molecular flexibility index (Phi) is 12.1. The van der Waals surface area contributed by atoms with Gasteiger partial charge in [-0.25, -0.2) is 32.0 Å². The first kappa shape index (κ1) is 40.2. The minimum absolute atomic E-state index is 0.191. The maximum absolute atomic E-state index is 15.4. The van der Waals surface area contributed by atoms with Gasteiger partial charge < -0.3 is 28.7 Å². The molecule has 0 bridgehead atoms. The molecular weight excluding hydrogens is 768 g/mol. The number of amides is 1. The molecule has 0 radical (unpaired) electrons. The number of halogens is 3. The van der Waals surface area contributed by atoms with Gasteiger partial charge in [0.1, 0.15) is 40.4 Å². The third-order valence-electron chi connectivity index (χ3n) is 8.89. The number of benzene rings is 3. The Balaban J connectivity index is 1.23. The van der Waals surface area contributed by atoms with Gasteiger partial charge in [-0.05, 0) is 78.2 Å². The fraction of sp³-hybridized carbons (Fsp3) is 0.200. The summed E-state index contributed by atoms with van der Waals surface area (Å²) in [6, 6.07) is 15.0. The third kappa shape index (κ3) is 8.69. The van der Waals surface area contributed by atoms with Crippen LogP contribution in [0.3, 0.4) is 0 Å². The molecule has 0 unspecified atom stereocenters. The number of hydrogen-bond donors (Lipinski definition) is 2.